The maximum absolute atomic E-state index is 4.27. The Morgan fingerprint density at radius 1 is 1.33 bits per heavy atom. The van der Waals surface area contributed by atoms with Gasteiger partial charge in [0.2, 0.25) is 0 Å². The second kappa shape index (κ2) is 1.70. The van der Waals surface area contributed by atoms with Crippen molar-refractivity contribution in [2.75, 3.05) is 0 Å². The van der Waals surface area contributed by atoms with Crippen LogP contribution >= 0.6 is 0 Å². The summed E-state index contributed by atoms with van der Waals surface area (Å²) in [6.07, 6.45) is 6.80. The van der Waals surface area contributed by atoms with Gasteiger partial charge >= 0.3 is 0 Å². The van der Waals surface area contributed by atoms with Gasteiger partial charge in [-0.15, -0.1) is 0 Å². The topological polar surface area (TPSA) is 24.7 Å². The number of allylic oxidation sites excluding steroid dienone is 2. The van der Waals surface area contributed by atoms with E-state index in [9.17, 15) is 0 Å². The van der Waals surface area contributed by atoms with E-state index >= 15 is 0 Å². The molecular formula is C10H12N2. The molecule has 0 amide bonds. The van der Waals surface area contributed by atoms with Gasteiger partial charge in [-0.2, -0.15) is 10.2 Å². The summed E-state index contributed by atoms with van der Waals surface area (Å²) in [4.78, 5) is 0. The number of rotatable bonds is 0. The van der Waals surface area contributed by atoms with Crippen molar-refractivity contribution in [2.24, 2.45) is 21.6 Å². The van der Waals surface area contributed by atoms with Crippen molar-refractivity contribution in [3.63, 3.8) is 0 Å². The van der Waals surface area contributed by atoms with Crippen LogP contribution in [0.4, 0.5) is 0 Å². The summed E-state index contributed by atoms with van der Waals surface area (Å²) < 4.78 is 0. The summed E-state index contributed by atoms with van der Waals surface area (Å²) in [6, 6.07) is 0.740. The minimum atomic E-state index is 0.263. The summed E-state index contributed by atoms with van der Waals surface area (Å²) in [5.41, 5.74) is 1.73. The fourth-order valence-electron chi connectivity index (χ4n) is 2.74. The van der Waals surface area contributed by atoms with Crippen LogP contribution in [0.1, 0.15) is 13.8 Å². The molecule has 3 aliphatic rings. The second-order valence-electron chi connectivity index (χ2n) is 4.23. The van der Waals surface area contributed by atoms with Crippen LogP contribution in [0.15, 0.2) is 34.0 Å². The summed E-state index contributed by atoms with van der Waals surface area (Å²) in [5.74, 6) is 0.609. The van der Waals surface area contributed by atoms with Crippen LogP contribution in [0.5, 0.6) is 0 Å². The Hall–Kier alpha value is -0.920. The van der Waals surface area contributed by atoms with E-state index in [2.05, 4.69) is 42.3 Å². The molecule has 0 N–H and O–H groups in total. The molecule has 3 rings (SSSR count). The molecule has 62 valence electrons. The zero-order chi connectivity index (χ0) is 8.34. The highest BCUT2D eigenvalue weighted by molar-refractivity contribution is 5.39. The fraction of sp³-hybridized carbons (Fsp3) is 0.600. The molecule has 0 aromatic carbocycles. The summed E-state index contributed by atoms with van der Waals surface area (Å²) in [6.45, 7) is 4.51. The van der Waals surface area contributed by atoms with Gasteiger partial charge in [0.15, 0.2) is 0 Å². The lowest BCUT2D eigenvalue weighted by molar-refractivity contribution is 0.343. The molecule has 2 nitrogen and oxygen atoms in total. The molecule has 0 bridgehead atoms. The molecule has 0 fully saturated rings. The van der Waals surface area contributed by atoms with E-state index in [1.165, 1.54) is 5.57 Å². The van der Waals surface area contributed by atoms with Gasteiger partial charge in [0, 0.05) is 11.3 Å². The zero-order valence-corrected chi connectivity index (χ0v) is 7.36. The van der Waals surface area contributed by atoms with Crippen molar-refractivity contribution in [3.05, 3.63) is 23.8 Å². The minimum Gasteiger partial charge on any atom is -0.186 e. The van der Waals surface area contributed by atoms with Gasteiger partial charge in [0.25, 0.3) is 0 Å². The minimum absolute atomic E-state index is 0.263. The number of azo groups is 1. The predicted molar refractivity (Wildman–Crippen MR) is 46.9 cm³/mol. The van der Waals surface area contributed by atoms with Gasteiger partial charge < -0.3 is 0 Å². The first kappa shape index (κ1) is 6.58. The highest BCUT2D eigenvalue weighted by Crippen LogP contribution is 2.54. The van der Waals surface area contributed by atoms with Crippen molar-refractivity contribution >= 4 is 0 Å². The molecule has 2 aliphatic carbocycles. The van der Waals surface area contributed by atoms with Crippen LogP contribution < -0.4 is 0 Å². The van der Waals surface area contributed by atoms with Gasteiger partial charge in [0.05, 0.1) is 12.1 Å². The van der Waals surface area contributed by atoms with Gasteiger partial charge in [-0.05, 0) is 6.92 Å². The predicted octanol–water partition coefficient (Wildman–Crippen LogP) is 2.34. The average Bonchev–Trinajstić information content (AvgIpc) is 2.60. The highest BCUT2D eigenvalue weighted by Gasteiger charge is 2.53. The number of nitrogens with zero attached hydrogens (tertiary/aromatic N) is 2. The van der Waals surface area contributed by atoms with Gasteiger partial charge in [-0.3, -0.25) is 0 Å². The lowest BCUT2D eigenvalue weighted by Crippen LogP contribution is -2.27. The Balaban J connectivity index is 2.19. The van der Waals surface area contributed by atoms with Gasteiger partial charge in [-0.25, -0.2) is 0 Å². The Morgan fingerprint density at radius 3 is 2.92 bits per heavy atom. The third kappa shape index (κ3) is 0.510. The third-order valence-electron chi connectivity index (χ3n) is 3.67. The quantitative estimate of drug-likeness (QED) is 0.486. The van der Waals surface area contributed by atoms with Gasteiger partial charge in [0.1, 0.15) is 0 Å². The zero-order valence-electron chi connectivity index (χ0n) is 7.36. The van der Waals surface area contributed by atoms with E-state index < -0.39 is 0 Å². The smallest absolute Gasteiger partial charge is 0.0955 e. The molecule has 0 radical (unpaired) electrons. The van der Waals surface area contributed by atoms with Gasteiger partial charge in [-0.1, -0.05) is 30.7 Å². The van der Waals surface area contributed by atoms with Crippen LogP contribution in [-0.4, -0.2) is 12.1 Å². The molecule has 4 atom stereocenters. The number of hydrogen-bond acceptors (Lipinski definition) is 2. The maximum atomic E-state index is 4.27. The summed E-state index contributed by atoms with van der Waals surface area (Å²) in [7, 11) is 0. The molecular weight excluding hydrogens is 148 g/mol. The molecule has 1 aliphatic heterocycles. The van der Waals surface area contributed by atoms with Crippen molar-refractivity contribution < 1.29 is 0 Å². The van der Waals surface area contributed by atoms with Crippen LogP contribution in [0.2, 0.25) is 0 Å². The van der Waals surface area contributed by atoms with Crippen LogP contribution in [-0.2, 0) is 0 Å². The molecule has 2 heteroatoms. The average molecular weight is 160 g/mol. The van der Waals surface area contributed by atoms with E-state index in [-0.39, 0.29) is 5.41 Å². The fourth-order valence-corrected chi connectivity index (χ4v) is 2.74. The normalized spacial score (nSPS) is 53.2. The Bertz CT molecular complexity index is 327. The molecule has 0 saturated carbocycles. The molecule has 0 saturated heterocycles. The Morgan fingerprint density at radius 2 is 2.08 bits per heavy atom. The third-order valence-corrected chi connectivity index (χ3v) is 3.67. The monoisotopic (exact) mass is 160 g/mol. The Kier molecular flexibility index (Phi) is 0.935. The van der Waals surface area contributed by atoms with E-state index in [1.54, 1.807) is 0 Å². The molecule has 0 spiro atoms. The van der Waals surface area contributed by atoms with E-state index in [0.29, 0.717) is 18.0 Å². The van der Waals surface area contributed by atoms with Crippen LogP contribution in [0.3, 0.4) is 0 Å². The first-order valence-corrected chi connectivity index (χ1v) is 4.50. The lowest BCUT2D eigenvalue weighted by Gasteiger charge is -2.26. The maximum Gasteiger partial charge on any atom is 0.0955 e. The van der Waals surface area contributed by atoms with Crippen molar-refractivity contribution in [1.82, 2.24) is 0 Å². The number of hydrogen-bond donors (Lipinski definition) is 0. The Labute approximate surface area is 72.1 Å². The SMILES string of the molecule is CC1=C[C@@H]2N=N[C@@H]3C=C[C@@]1(C)[C@@H]23. The van der Waals surface area contributed by atoms with Crippen molar-refractivity contribution in [2.45, 2.75) is 25.9 Å². The standard InChI is InChI=1S/C10H12N2/c1-6-5-8-9-7(11-12-8)3-4-10(6,9)2/h3-5,7-9H,1-2H3/t7-,8+,9-,10-/m1/s1. The highest BCUT2D eigenvalue weighted by atomic mass is 15.2. The molecule has 0 unspecified atom stereocenters. The summed E-state index contributed by atoms with van der Waals surface area (Å²) in [5, 5.41) is 8.53. The first-order valence-electron chi connectivity index (χ1n) is 4.50. The lowest BCUT2D eigenvalue weighted by atomic mass is 9.77. The van der Waals surface area contributed by atoms with Crippen LogP contribution in [0, 0.1) is 11.3 Å². The van der Waals surface area contributed by atoms with Crippen molar-refractivity contribution in [1.29, 1.82) is 0 Å². The van der Waals surface area contributed by atoms with E-state index in [4.69, 9.17) is 0 Å². The molecule has 1 heterocycles. The first-order chi connectivity index (χ1) is 5.72. The van der Waals surface area contributed by atoms with Crippen LogP contribution in [0.25, 0.3) is 0 Å². The summed E-state index contributed by atoms with van der Waals surface area (Å²) >= 11 is 0. The van der Waals surface area contributed by atoms with Crippen molar-refractivity contribution in [3.8, 4) is 0 Å². The van der Waals surface area contributed by atoms with E-state index in [0.717, 1.165) is 0 Å². The molecule has 0 aromatic heterocycles. The van der Waals surface area contributed by atoms with E-state index in [1.807, 2.05) is 0 Å². The molecule has 12 heavy (non-hydrogen) atoms. The largest absolute Gasteiger partial charge is 0.186 e. The second-order valence-corrected chi connectivity index (χ2v) is 4.23. The molecule has 0 aromatic rings.